The molecule has 20 heavy (non-hydrogen) atoms. The Balaban J connectivity index is 3.44. The highest BCUT2D eigenvalue weighted by molar-refractivity contribution is 9.11. The maximum Gasteiger partial charge on any atom is 0.190 e. The average molecular weight is 404 g/mol. The van der Waals surface area contributed by atoms with Gasteiger partial charge in [0.05, 0.1) is 10.0 Å². The van der Waals surface area contributed by atoms with E-state index < -0.39 is 0 Å². The van der Waals surface area contributed by atoms with Gasteiger partial charge in [-0.25, -0.2) is 0 Å². The molecule has 0 spiro atoms. The molecule has 5 heteroatoms. The molecule has 1 rings (SSSR count). The van der Waals surface area contributed by atoms with Crippen molar-refractivity contribution in [2.45, 2.75) is 26.7 Å². The minimum absolute atomic E-state index is 0.0440. The van der Waals surface area contributed by atoms with E-state index in [9.17, 15) is 9.59 Å². The summed E-state index contributed by atoms with van der Waals surface area (Å²) in [5.74, 6) is 0.384. The third kappa shape index (κ3) is 3.79. The molecule has 0 aliphatic rings. The second-order valence-corrected chi connectivity index (χ2v) is 6.02. The van der Waals surface area contributed by atoms with Crippen LogP contribution < -0.4 is 4.74 Å². The van der Waals surface area contributed by atoms with Crippen molar-refractivity contribution in [1.29, 1.82) is 0 Å². The number of allylic oxidation sites excluding steroid dienone is 1. The molecule has 0 atom stereocenters. The van der Waals surface area contributed by atoms with E-state index in [1.54, 1.807) is 6.92 Å². The SMILES string of the molecule is C=C(C)C(=O)c1c(Br)cc(CCC)c(OCC=O)c1Br. The fourth-order valence-corrected chi connectivity index (χ4v) is 3.48. The van der Waals surface area contributed by atoms with E-state index in [0.29, 0.717) is 32.1 Å². The predicted octanol–water partition coefficient (Wildman–Crippen LogP) is 4.50. The Labute approximate surface area is 135 Å². The van der Waals surface area contributed by atoms with Gasteiger partial charge in [0, 0.05) is 4.47 Å². The molecular weight excluding hydrogens is 388 g/mol. The largest absolute Gasteiger partial charge is 0.485 e. The molecule has 0 heterocycles. The van der Waals surface area contributed by atoms with Gasteiger partial charge in [-0.15, -0.1) is 0 Å². The van der Waals surface area contributed by atoms with Crippen LogP contribution in [0.25, 0.3) is 0 Å². The minimum Gasteiger partial charge on any atom is -0.485 e. The number of ketones is 1. The highest BCUT2D eigenvalue weighted by Gasteiger charge is 2.21. The van der Waals surface area contributed by atoms with E-state index >= 15 is 0 Å². The zero-order chi connectivity index (χ0) is 15.3. The standard InChI is InChI=1S/C15H16Br2O3/c1-4-5-10-8-11(16)12(14(19)9(2)3)13(17)15(10)20-7-6-18/h6,8H,2,4-5,7H2,1,3H3. The second-order valence-electron chi connectivity index (χ2n) is 4.37. The molecule has 0 aliphatic heterocycles. The summed E-state index contributed by atoms with van der Waals surface area (Å²) in [5, 5.41) is 0. The smallest absolute Gasteiger partial charge is 0.190 e. The summed E-state index contributed by atoms with van der Waals surface area (Å²) in [7, 11) is 0. The first-order valence-corrected chi connectivity index (χ1v) is 7.80. The van der Waals surface area contributed by atoms with Crippen LogP contribution in [0.3, 0.4) is 0 Å². The van der Waals surface area contributed by atoms with Crippen LogP contribution in [0.2, 0.25) is 0 Å². The summed E-state index contributed by atoms with van der Waals surface area (Å²) >= 11 is 6.84. The van der Waals surface area contributed by atoms with Crippen LogP contribution in [-0.4, -0.2) is 18.7 Å². The van der Waals surface area contributed by atoms with Gasteiger partial charge in [-0.1, -0.05) is 19.9 Å². The number of aldehydes is 1. The van der Waals surface area contributed by atoms with Gasteiger partial charge >= 0.3 is 0 Å². The lowest BCUT2D eigenvalue weighted by atomic mass is 10.0. The van der Waals surface area contributed by atoms with Crippen molar-refractivity contribution < 1.29 is 14.3 Å². The quantitative estimate of drug-likeness (QED) is 0.382. The molecule has 0 bridgehead atoms. The molecule has 0 aromatic heterocycles. The predicted molar refractivity (Wildman–Crippen MR) is 86.5 cm³/mol. The van der Waals surface area contributed by atoms with E-state index in [-0.39, 0.29) is 12.4 Å². The maximum absolute atomic E-state index is 12.2. The van der Waals surface area contributed by atoms with Gasteiger partial charge < -0.3 is 4.74 Å². The molecule has 1 aromatic carbocycles. The number of hydrogen-bond acceptors (Lipinski definition) is 3. The highest BCUT2D eigenvalue weighted by atomic mass is 79.9. The zero-order valence-electron chi connectivity index (χ0n) is 11.5. The van der Waals surface area contributed by atoms with Gasteiger partial charge in [0.25, 0.3) is 0 Å². The molecule has 0 fully saturated rings. The molecule has 0 unspecified atom stereocenters. The minimum atomic E-state index is -0.164. The lowest BCUT2D eigenvalue weighted by Crippen LogP contribution is -2.08. The number of aryl methyl sites for hydroxylation is 1. The fourth-order valence-electron chi connectivity index (χ4n) is 1.80. The van der Waals surface area contributed by atoms with Crippen molar-refractivity contribution in [3.63, 3.8) is 0 Å². The van der Waals surface area contributed by atoms with Crippen LogP contribution in [0.1, 0.15) is 36.2 Å². The first kappa shape index (κ1) is 17.1. The Morgan fingerprint density at radius 1 is 1.45 bits per heavy atom. The van der Waals surface area contributed by atoms with Gasteiger partial charge in [-0.05, 0) is 62.4 Å². The van der Waals surface area contributed by atoms with Gasteiger partial charge in [-0.2, -0.15) is 0 Å². The summed E-state index contributed by atoms with van der Waals surface area (Å²) in [6, 6.07) is 1.87. The van der Waals surface area contributed by atoms with Gasteiger partial charge in [0.15, 0.2) is 12.1 Å². The maximum atomic E-state index is 12.2. The van der Waals surface area contributed by atoms with Crippen molar-refractivity contribution >= 4 is 43.9 Å². The molecule has 0 N–H and O–H groups in total. The number of halogens is 2. The van der Waals surface area contributed by atoms with Crippen molar-refractivity contribution in [2.75, 3.05) is 6.61 Å². The van der Waals surface area contributed by atoms with Crippen molar-refractivity contribution in [3.8, 4) is 5.75 Å². The lowest BCUT2D eigenvalue weighted by Gasteiger charge is -2.16. The van der Waals surface area contributed by atoms with Crippen LogP contribution in [0.5, 0.6) is 5.75 Å². The summed E-state index contributed by atoms with van der Waals surface area (Å²) in [6.07, 6.45) is 2.42. The number of carbonyl (C=O) groups excluding carboxylic acids is 2. The summed E-state index contributed by atoms with van der Waals surface area (Å²) in [4.78, 5) is 22.7. The van der Waals surface area contributed by atoms with Gasteiger partial charge in [0.1, 0.15) is 12.4 Å². The second kappa shape index (κ2) is 7.74. The zero-order valence-corrected chi connectivity index (χ0v) is 14.6. The van der Waals surface area contributed by atoms with Crippen molar-refractivity contribution in [3.05, 3.63) is 38.3 Å². The van der Waals surface area contributed by atoms with E-state index in [1.807, 2.05) is 6.07 Å². The molecule has 0 amide bonds. The van der Waals surface area contributed by atoms with Crippen molar-refractivity contribution in [1.82, 2.24) is 0 Å². The Bertz CT molecular complexity index is 551. The summed E-state index contributed by atoms with van der Waals surface area (Å²) in [5.41, 5.74) is 1.86. The highest BCUT2D eigenvalue weighted by Crippen LogP contribution is 2.39. The molecule has 0 radical (unpaired) electrons. The van der Waals surface area contributed by atoms with Crippen LogP contribution in [0, 0.1) is 0 Å². The molecule has 108 valence electrons. The summed E-state index contributed by atoms with van der Waals surface area (Å²) in [6.45, 7) is 7.35. The fraction of sp³-hybridized carbons (Fsp3) is 0.333. The third-order valence-electron chi connectivity index (χ3n) is 2.68. The van der Waals surface area contributed by atoms with E-state index in [0.717, 1.165) is 18.4 Å². The average Bonchev–Trinajstić information content (AvgIpc) is 2.38. The monoisotopic (exact) mass is 402 g/mol. The number of carbonyl (C=O) groups is 2. The summed E-state index contributed by atoms with van der Waals surface area (Å²) < 4.78 is 6.73. The number of benzene rings is 1. The van der Waals surface area contributed by atoms with Crippen LogP contribution in [0.4, 0.5) is 0 Å². The first-order chi connectivity index (χ1) is 9.43. The molecular formula is C15H16Br2O3. The Kier molecular flexibility index (Phi) is 6.62. The van der Waals surface area contributed by atoms with Gasteiger partial charge in [-0.3, -0.25) is 9.59 Å². The Hall–Kier alpha value is -0.940. The molecule has 0 saturated heterocycles. The third-order valence-corrected chi connectivity index (χ3v) is 4.06. The molecule has 0 saturated carbocycles. The number of Topliss-reactive ketones (excluding diaryl/α,β-unsaturated/α-hetero) is 1. The normalized spacial score (nSPS) is 10.2. The molecule has 0 aliphatic carbocycles. The molecule has 1 aromatic rings. The number of ether oxygens (including phenoxy) is 1. The van der Waals surface area contributed by atoms with Crippen molar-refractivity contribution in [2.24, 2.45) is 0 Å². The number of rotatable bonds is 7. The van der Waals surface area contributed by atoms with E-state index in [4.69, 9.17) is 4.74 Å². The van der Waals surface area contributed by atoms with E-state index in [2.05, 4.69) is 45.4 Å². The Morgan fingerprint density at radius 3 is 2.60 bits per heavy atom. The topological polar surface area (TPSA) is 43.4 Å². The van der Waals surface area contributed by atoms with Gasteiger partial charge in [0.2, 0.25) is 0 Å². The lowest BCUT2D eigenvalue weighted by molar-refractivity contribution is -0.109. The van der Waals surface area contributed by atoms with Crippen LogP contribution in [-0.2, 0) is 11.2 Å². The number of hydrogen-bond donors (Lipinski definition) is 0. The van der Waals surface area contributed by atoms with Crippen LogP contribution in [0.15, 0.2) is 27.2 Å². The molecule has 3 nitrogen and oxygen atoms in total. The van der Waals surface area contributed by atoms with Crippen LogP contribution >= 0.6 is 31.9 Å². The first-order valence-electron chi connectivity index (χ1n) is 6.21. The van der Waals surface area contributed by atoms with E-state index in [1.165, 1.54) is 0 Å². The Morgan fingerprint density at radius 2 is 2.10 bits per heavy atom.